The summed E-state index contributed by atoms with van der Waals surface area (Å²) in [6, 6.07) is 5.48. The van der Waals surface area contributed by atoms with Gasteiger partial charge in [-0.25, -0.2) is 4.98 Å². The molecule has 0 saturated heterocycles. The van der Waals surface area contributed by atoms with Crippen LogP contribution in [0.2, 0.25) is 0 Å². The minimum Gasteiger partial charge on any atom is -0.481 e. The van der Waals surface area contributed by atoms with Gasteiger partial charge in [0.15, 0.2) is 0 Å². The van der Waals surface area contributed by atoms with Crippen molar-refractivity contribution in [1.29, 1.82) is 0 Å². The minimum absolute atomic E-state index is 0.0187. The molecule has 1 aromatic rings. The quantitative estimate of drug-likeness (QED) is 0.797. The molecule has 1 heterocycles. The van der Waals surface area contributed by atoms with Crippen molar-refractivity contribution in [3.8, 4) is 0 Å². The number of anilines is 1. The van der Waals surface area contributed by atoms with E-state index in [2.05, 4.69) is 23.7 Å². The van der Waals surface area contributed by atoms with Crippen molar-refractivity contribution in [2.45, 2.75) is 20.3 Å². The minimum atomic E-state index is -0.848. The van der Waals surface area contributed by atoms with E-state index in [-0.39, 0.29) is 6.42 Å². The van der Waals surface area contributed by atoms with Gasteiger partial charge in [0.2, 0.25) is 0 Å². The van der Waals surface area contributed by atoms with Crippen molar-refractivity contribution in [2.75, 3.05) is 18.0 Å². The number of aliphatic carboxylic acids is 1. The van der Waals surface area contributed by atoms with Gasteiger partial charge >= 0.3 is 5.97 Å². The maximum absolute atomic E-state index is 10.5. The largest absolute Gasteiger partial charge is 0.481 e. The van der Waals surface area contributed by atoms with Crippen LogP contribution < -0.4 is 4.90 Å². The summed E-state index contributed by atoms with van der Waals surface area (Å²) in [5.74, 6) is -0.00190. The molecule has 0 fully saturated rings. The zero-order valence-electron chi connectivity index (χ0n) is 9.10. The van der Waals surface area contributed by atoms with Gasteiger partial charge in [0.25, 0.3) is 0 Å². The van der Waals surface area contributed by atoms with E-state index >= 15 is 0 Å². The topological polar surface area (TPSA) is 53.4 Å². The SMILES string of the molecule is CCN(CC)c1cccc(CC(=O)O)n1. The Morgan fingerprint density at radius 3 is 2.60 bits per heavy atom. The Labute approximate surface area is 89.6 Å². The molecule has 4 heteroatoms. The van der Waals surface area contributed by atoms with Crippen LogP contribution in [0.25, 0.3) is 0 Å². The predicted molar refractivity (Wildman–Crippen MR) is 59.1 cm³/mol. The zero-order valence-corrected chi connectivity index (χ0v) is 9.10. The molecule has 0 spiro atoms. The first-order valence-electron chi connectivity index (χ1n) is 5.10. The molecule has 1 aromatic heterocycles. The number of aromatic nitrogens is 1. The molecular weight excluding hydrogens is 192 g/mol. The zero-order chi connectivity index (χ0) is 11.3. The summed E-state index contributed by atoms with van der Waals surface area (Å²) in [5, 5.41) is 8.66. The van der Waals surface area contributed by atoms with Crippen molar-refractivity contribution >= 4 is 11.8 Å². The van der Waals surface area contributed by atoms with Gasteiger partial charge in [-0.3, -0.25) is 4.79 Å². The second-order valence-corrected chi connectivity index (χ2v) is 3.23. The fourth-order valence-electron chi connectivity index (χ4n) is 1.44. The highest BCUT2D eigenvalue weighted by atomic mass is 16.4. The number of carboxylic acids is 1. The monoisotopic (exact) mass is 208 g/mol. The number of pyridine rings is 1. The molecule has 0 aromatic carbocycles. The van der Waals surface area contributed by atoms with Crippen LogP contribution in [0.15, 0.2) is 18.2 Å². The molecule has 0 aliphatic carbocycles. The first kappa shape index (κ1) is 11.5. The Kier molecular flexibility index (Phi) is 4.09. The van der Waals surface area contributed by atoms with E-state index in [1.54, 1.807) is 6.07 Å². The summed E-state index contributed by atoms with van der Waals surface area (Å²) >= 11 is 0. The third-order valence-corrected chi connectivity index (χ3v) is 2.21. The Hall–Kier alpha value is -1.58. The Morgan fingerprint density at radius 1 is 1.40 bits per heavy atom. The van der Waals surface area contributed by atoms with Gasteiger partial charge < -0.3 is 10.0 Å². The lowest BCUT2D eigenvalue weighted by atomic mass is 10.2. The molecule has 0 radical (unpaired) electrons. The van der Waals surface area contributed by atoms with Crippen LogP contribution in [0.4, 0.5) is 5.82 Å². The van der Waals surface area contributed by atoms with Crippen LogP contribution in [0.3, 0.4) is 0 Å². The van der Waals surface area contributed by atoms with E-state index in [1.807, 2.05) is 12.1 Å². The van der Waals surface area contributed by atoms with Gasteiger partial charge in [0, 0.05) is 13.1 Å². The van der Waals surface area contributed by atoms with Gasteiger partial charge in [0.05, 0.1) is 12.1 Å². The lowest BCUT2D eigenvalue weighted by Gasteiger charge is -2.19. The number of hydrogen-bond acceptors (Lipinski definition) is 3. The summed E-state index contributed by atoms with van der Waals surface area (Å²) < 4.78 is 0. The van der Waals surface area contributed by atoms with Gasteiger partial charge in [-0.05, 0) is 26.0 Å². The molecular formula is C11H16N2O2. The van der Waals surface area contributed by atoms with E-state index in [0.717, 1.165) is 18.9 Å². The number of carbonyl (C=O) groups is 1. The molecule has 4 nitrogen and oxygen atoms in total. The highest BCUT2D eigenvalue weighted by Gasteiger charge is 2.06. The normalized spacial score (nSPS) is 10.0. The molecule has 0 atom stereocenters. The fraction of sp³-hybridized carbons (Fsp3) is 0.455. The maximum atomic E-state index is 10.5. The van der Waals surface area contributed by atoms with Crippen LogP contribution >= 0.6 is 0 Å². The molecule has 0 unspecified atom stereocenters. The summed E-state index contributed by atoms with van der Waals surface area (Å²) in [4.78, 5) is 16.9. The lowest BCUT2D eigenvalue weighted by Crippen LogP contribution is -2.23. The van der Waals surface area contributed by atoms with Gasteiger partial charge in [0.1, 0.15) is 5.82 Å². The summed E-state index contributed by atoms with van der Waals surface area (Å²) in [6.45, 7) is 5.85. The van der Waals surface area contributed by atoms with Crippen LogP contribution in [0.1, 0.15) is 19.5 Å². The van der Waals surface area contributed by atoms with Crippen molar-refractivity contribution in [3.63, 3.8) is 0 Å². The molecule has 0 amide bonds. The molecule has 0 aliphatic heterocycles. The van der Waals surface area contributed by atoms with Crippen LogP contribution in [0.5, 0.6) is 0 Å². The number of carboxylic acid groups (broad SMARTS) is 1. The van der Waals surface area contributed by atoms with E-state index in [9.17, 15) is 4.79 Å². The van der Waals surface area contributed by atoms with Gasteiger partial charge in [-0.1, -0.05) is 6.07 Å². The first-order chi connectivity index (χ1) is 7.17. The number of rotatable bonds is 5. The summed E-state index contributed by atoms with van der Waals surface area (Å²) in [5.41, 5.74) is 0.604. The molecule has 0 saturated carbocycles. The number of hydrogen-bond donors (Lipinski definition) is 1. The maximum Gasteiger partial charge on any atom is 0.309 e. The summed E-state index contributed by atoms with van der Waals surface area (Å²) in [7, 11) is 0. The van der Waals surface area contributed by atoms with Gasteiger partial charge in [-0.2, -0.15) is 0 Å². The van der Waals surface area contributed by atoms with Crippen molar-refractivity contribution in [2.24, 2.45) is 0 Å². The van der Waals surface area contributed by atoms with E-state index in [1.165, 1.54) is 0 Å². The second kappa shape index (κ2) is 5.34. The highest BCUT2D eigenvalue weighted by Crippen LogP contribution is 2.11. The second-order valence-electron chi connectivity index (χ2n) is 3.23. The molecule has 0 aliphatic rings. The first-order valence-corrected chi connectivity index (χ1v) is 5.10. The standard InChI is InChI=1S/C11H16N2O2/c1-3-13(4-2)10-7-5-6-9(12-10)8-11(14)15/h5-7H,3-4,8H2,1-2H3,(H,14,15). The average Bonchev–Trinajstić information content (AvgIpc) is 2.19. The number of nitrogens with zero attached hydrogens (tertiary/aromatic N) is 2. The molecule has 0 bridgehead atoms. The van der Waals surface area contributed by atoms with E-state index in [4.69, 9.17) is 5.11 Å². The smallest absolute Gasteiger partial charge is 0.309 e. The van der Waals surface area contributed by atoms with Crippen molar-refractivity contribution < 1.29 is 9.90 Å². The molecule has 82 valence electrons. The van der Waals surface area contributed by atoms with Gasteiger partial charge in [-0.15, -0.1) is 0 Å². The Morgan fingerprint density at radius 2 is 2.07 bits per heavy atom. The average molecular weight is 208 g/mol. The predicted octanol–water partition coefficient (Wildman–Crippen LogP) is 1.55. The van der Waals surface area contributed by atoms with Crippen molar-refractivity contribution in [3.05, 3.63) is 23.9 Å². The fourth-order valence-corrected chi connectivity index (χ4v) is 1.44. The third-order valence-electron chi connectivity index (χ3n) is 2.21. The Balaban J connectivity index is 2.86. The van der Waals surface area contributed by atoms with Crippen molar-refractivity contribution in [1.82, 2.24) is 4.98 Å². The summed E-state index contributed by atoms with van der Waals surface area (Å²) in [6.07, 6.45) is -0.0187. The van der Waals surface area contributed by atoms with Crippen LogP contribution in [-0.2, 0) is 11.2 Å². The van der Waals surface area contributed by atoms with Crippen LogP contribution in [-0.4, -0.2) is 29.1 Å². The Bertz CT molecular complexity index is 335. The highest BCUT2D eigenvalue weighted by molar-refractivity contribution is 5.69. The molecule has 1 rings (SSSR count). The third kappa shape index (κ3) is 3.23. The lowest BCUT2D eigenvalue weighted by molar-refractivity contribution is -0.136. The molecule has 15 heavy (non-hydrogen) atoms. The van der Waals surface area contributed by atoms with E-state index < -0.39 is 5.97 Å². The van der Waals surface area contributed by atoms with E-state index in [0.29, 0.717) is 5.69 Å². The van der Waals surface area contributed by atoms with Crippen LogP contribution in [0, 0.1) is 0 Å². The molecule has 1 N–H and O–H groups in total.